The van der Waals surface area contributed by atoms with Gasteiger partial charge in [0.1, 0.15) is 9.84 Å². The van der Waals surface area contributed by atoms with Crippen LogP contribution in [0.5, 0.6) is 0 Å². The molecule has 0 aromatic heterocycles. The third-order valence-corrected chi connectivity index (χ3v) is 4.88. The summed E-state index contributed by atoms with van der Waals surface area (Å²) in [5.74, 6) is -0.0162. The van der Waals surface area contributed by atoms with Crippen molar-refractivity contribution in [1.29, 1.82) is 0 Å². The van der Waals surface area contributed by atoms with Crippen molar-refractivity contribution < 1.29 is 13.2 Å². The van der Waals surface area contributed by atoms with E-state index in [2.05, 4.69) is 5.32 Å². The molecule has 0 saturated heterocycles. The lowest BCUT2D eigenvalue weighted by Crippen LogP contribution is -2.44. The van der Waals surface area contributed by atoms with Crippen molar-refractivity contribution in [3.63, 3.8) is 0 Å². The highest BCUT2D eigenvalue weighted by atomic mass is 32.2. The standard InChI is InChI=1S/C16H24N2O3S/c1-12-4-6-14(7-5-12)17-16(19)10-18(15-8-9-15)13(2)11-22(3,20)21/h4-7,13,15H,8-11H2,1-3H3,(H,17,19). The fraction of sp³-hybridized carbons (Fsp3) is 0.562. The zero-order valence-electron chi connectivity index (χ0n) is 13.4. The molecule has 0 radical (unpaired) electrons. The first-order valence-corrected chi connectivity index (χ1v) is 9.60. The third-order valence-electron chi connectivity index (χ3n) is 3.79. The maximum Gasteiger partial charge on any atom is 0.238 e. The van der Waals surface area contributed by atoms with E-state index < -0.39 is 9.84 Å². The molecule has 1 aromatic rings. The van der Waals surface area contributed by atoms with Gasteiger partial charge in [-0.2, -0.15) is 0 Å². The zero-order chi connectivity index (χ0) is 16.3. The molecule has 1 aliphatic carbocycles. The molecule has 0 bridgehead atoms. The van der Waals surface area contributed by atoms with Crippen LogP contribution in [0, 0.1) is 6.92 Å². The van der Waals surface area contributed by atoms with Crippen molar-refractivity contribution in [3.05, 3.63) is 29.8 Å². The van der Waals surface area contributed by atoms with Crippen molar-refractivity contribution in [2.45, 2.75) is 38.8 Å². The fourth-order valence-corrected chi connectivity index (χ4v) is 3.66. The largest absolute Gasteiger partial charge is 0.325 e. The number of rotatable bonds is 7. The van der Waals surface area contributed by atoms with Crippen LogP contribution in [0.3, 0.4) is 0 Å². The molecule has 1 saturated carbocycles. The number of nitrogens with zero attached hydrogens (tertiary/aromatic N) is 1. The molecule has 0 aliphatic heterocycles. The van der Waals surface area contributed by atoms with Crippen LogP contribution in [-0.4, -0.2) is 49.9 Å². The number of carbonyl (C=O) groups excluding carboxylic acids is 1. The number of aryl methyl sites for hydroxylation is 1. The van der Waals surface area contributed by atoms with Gasteiger partial charge >= 0.3 is 0 Å². The van der Waals surface area contributed by atoms with E-state index >= 15 is 0 Å². The summed E-state index contributed by atoms with van der Waals surface area (Å²) in [4.78, 5) is 14.2. The number of nitrogens with one attached hydrogen (secondary N) is 1. The predicted molar refractivity (Wildman–Crippen MR) is 88.7 cm³/mol. The molecule has 1 atom stereocenters. The Bertz CT molecular complexity index is 621. The van der Waals surface area contributed by atoms with E-state index in [1.54, 1.807) is 0 Å². The maximum absolute atomic E-state index is 12.2. The Morgan fingerprint density at radius 3 is 2.41 bits per heavy atom. The number of anilines is 1. The van der Waals surface area contributed by atoms with Crippen molar-refractivity contribution in [1.82, 2.24) is 4.90 Å². The molecule has 1 unspecified atom stereocenters. The van der Waals surface area contributed by atoms with Crippen LogP contribution in [0.2, 0.25) is 0 Å². The zero-order valence-corrected chi connectivity index (χ0v) is 14.2. The minimum atomic E-state index is -3.05. The first kappa shape index (κ1) is 17.0. The van der Waals surface area contributed by atoms with Crippen LogP contribution in [0.25, 0.3) is 0 Å². The Labute approximate surface area is 132 Å². The van der Waals surface area contributed by atoms with E-state index in [1.807, 2.05) is 43.0 Å². The number of hydrogen-bond acceptors (Lipinski definition) is 4. The van der Waals surface area contributed by atoms with Crippen LogP contribution in [-0.2, 0) is 14.6 Å². The van der Waals surface area contributed by atoms with Gasteiger partial charge < -0.3 is 5.32 Å². The summed E-state index contributed by atoms with van der Waals surface area (Å²) >= 11 is 0. The van der Waals surface area contributed by atoms with Gasteiger partial charge in [0, 0.05) is 24.0 Å². The maximum atomic E-state index is 12.2. The molecule has 1 fully saturated rings. The molecule has 122 valence electrons. The van der Waals surface area contributed by atoms with Gasteiger partial charge in [0.05, 0.1) is 12.3 Å². The number of amides is 1. The second kappa shape index (κ2) is 6.79. The highest BCUT2D eigenvalue weighted by Crippen LogP contribution is 2.28. The molecule has 6 heteroatoms. The second-order valence-corrected chi connectivity index (χ2v) is 8.44. The summed E-state index contributed by atoms with van der Waals surface area (Å²) in [6.45, 7) is 4.10. The predicted octanol–water partition coefficient (Wildman–Crippen LogP) is 1.83. The van der Waals surface area contributed by atoms with E-state index in [4.69, 9.17) is 0 Å². The summed E-state index contributed by atoms with van der Waals surface area (Å²) in [7, 11) is -3.05. The SMILES string of the molecule is Cc1ccc(NC(=O)CN(C(C)CS(C)(=O)=O)C2CC2)cc1. The Hall–Kier alpha value is -1.40. The van der Waals surface area contributed by atoms with Gasteiger partial charge in [-0.3, -0.25) is 9.69 Å². The normalized spacial score (nSPS) is 16.5. The Balaban J connectivity index is 1.95. The Kier molecular flexibility index (Phi) is 5.24. The number of sulfone groups is 1. The fourth-order valence-electron chi connectivity index (χ4n) is 2.59. The minimum absolute atomic E-state index is 0.0846. The van der Waals surface area contributed by atoms with Crippen LogP contribution < -0.4 is 5.32 Å². The summed E-state index contributed by atoms with van der Waals surface area (Å²) in [6, 6.07) is 7.82. The van der Waals surface area contributed by atoms with Crippen molar-refractivity contribution in [3.8, 4) is 0 Å². The van der Waals surface area contributed by atoms with Crippen molar-refractivity contribution in [2.75, 3.05) is 23.9 Å². The third kappa shape index (κ3) is 5.42. The van der Waals surface area contributed by atoms with Crippen LogP contribution in [0.4, 0.5) is 5.69 Å². The average molecular weight is 324 g/mol. The van der Waals surface area contributed by atoms with E-state index in [1.165, 1.54) is 6.26 Å². The van der Waals surface area contributed by atoms with E-state index in [0.717, 1.165) is 24.1 Å². The highest BCUT2D eigenvalue weighted by Gasteiger charge is 2.34. The van der Waals surface area contributed by atoms with Gasteiger partial charge in [0.25, 0.3) is 0 Å². The lowest BCUT2D eigenvalue weighted by Gasteiger charge is -2.28. The lowest BCUT2D eigenvalue weighted by molar-refractivity contribution is -0.117. The Morgan fingerprint density at radius 2 is 1.91 bits per heavy atom. The van der Waals surface area contributed by atoms with Gasteiger partial charge in [-0.1, -0.05) is 17.7 Å². The van der Waals surface area contributed by atoms with Crippen molar-refractivity contribution in [2.24, 2.45) is 0 Å². The average Bonchev–Trinajstić information content (AvgIpc) is 3.21. The number of carbonyl (C=O) groups is 1. The summed E-state index contributed by atoms with van der Waals surface area (Å²) in [6.07, 6.45) is 3.30. The van der Waals surface area contributed by atoms with E-state index in [-0.39, 0.29) is 24.2 Å². The molecule has 2 rings (SSSR count). The highest BCUT2D eigenvalue weighted by molar-refractivity contribution is 7.90. The molecule has 1 amide bonds. The van der Waals surface area contributed by atoms with Gasteiger partial charge in [-0.25, -0.2) is 8.42 Å². The molecule has 1 aromatic carbocycles. The molecule has 22 heavy (non-hydrogen) atoms. The van der Waals surface area contributed by atoms with Gasteiger partial charge in [-0.05, 0) is 38.8 Å². The lowest BCUT2D eigenvalue weighted by atomic mass is 10.2. The monoisotopic (exact) mass is 324 g/mol. The van der Waals surface area contributed by atoms with Gasteiger partial charge in [-0.15, -0.1) is 0 Å². The quantitative estimate of drug-likeness (QED) is 0.831. The van der Waals surface area contributed by atoms with E-state index in [9.17, 15) is 13.2 Å². The van der Waals surface area contributed by atoms with E-state index in [0.29, 0.717) is 6.04 Å². The summed E-state index contributed by atoms with van der Waals surface area (Å²) in [5.41, 5.74) is 1.90. The van der Waals surface area contributed by atoms with Gasteiger partial charge in [0.15, 0.2) is 0 Å². The smallest absolute Gasteiger partial charge is 0.238 e. The molecule has 1 aliphatic rings. The summed E-state index contributed by atoms with van der Waals surface area (Å²) in [5, 5.41) is 2.87. The van der Waals surface area contributed by atoms with Crippen LogP contribution >= 0.6 is 0 Å². The first-order valence-electron chi connectivity index (χ1n) is 7.54. The van der Waals surface area contributed by atoms with Crippen molar-refractivity contribution >= 4 is 21.4 Å². The molecular weight excluding hydrogens is 300 g/mol. The van der Waals surface area contributed by atoms with Crippen LogP contribution in [0.1, 0.15) is 25.3 Å². The number of benzene rings is 1. The second-order valence-electron chi connectivity index (χ2n) is 6.26. The first-order chi connectivity index (χ1) is 10.2. The molecule has 0 spiro atoms. The molecule has 1 N–H and O–H groups in total. The molecular formula is C16H24N2O3S. The van der Waals surface area contributed by atoms with Crippen LogP contribution in [0.15, 0.2) is 24.3 Å². The topological polar surface area (TPSA) is 66.5 Å². The summed E-state index contributed by atoms with van der Waals surface area (Å²) < 4.78 is 22.9. The number of hydrogen-bond donors (Lipinski definition) is 1. The van der Waals surface area contributed by atoms with Gasteiger partial charge in [0.2, 0.25) is 5.91 Å². The molecule has 0 heterocycles. The molecule has 5 nitrogen and oxygen atoms in total. The Morgan fingerprint density at radius 1 is 1.32 bits per heavy atom. The minimum Gasteiger partial charge on any atom is -0.325 e.